The minimum atomic E-state index is -0.733. The lowest BCUT2D eigenvalue weighted by Crippen LogP contribution is -2.28. The van der Waals surface area contributed by atoms with Gasteiger partial charge in [-0.15, -0.1) is 0 Å². The molecule has 0 bridgehead atoms. The molecular weight excluding hydrogens is 580 g/mol. The fourth-order valence-corrected chi connectivity index (χ4v) is 3.78. The second-order valence-corrected chi connectivity index (χ2v) is 10.8. The van der Waals surface area contributed by atoms with Gasteiger partial charge >= 0.3 is 18.1 Å². The van der Waals surface area contributed by atoms with Crippen molar-refractivity contribution in [2.45, 2.75) is 39.5 Å². The summed E-state index contributed by atoms with van der Waals surface area (Å²) in [5.74, 6) is 1.28. The molecule has 3 N–H and O–H groups in total. The van der Waals surface area contributed by atoms with Gasteiger partial charge in [0, 0.05) is 31.9 Å². The first-order chi connectivity index (χ1) is 21.5. The molecule has 0 unspecified atom stereocenters. The van der Waals surface area contributed by atoms with Crippen LogP contribution in [-0.2, 0) is 27.4 Å². The summed E-state index contributed by atoms with van der Waals surface area (Å²) >= 11 is 0. The molecule has 0 fully saturated rings. The molecule has 3 aromatic heterocycles. The number of ether oxygens (including phenoxy) is 3. The predicted octanol–water partition coefficient (Wildman–Crippen LogP) is 5.10. The molecular formula is C32H34N6O7. The Bertz CT molecular complexity index is 1680. The van der Waals surface area contributed by atoms with Gasteiger partial charge in [-0.25, -0.2) is 14.6 Å². The molecule has 1 aromatic carbocycles. The van der Waals surface area contributed by atoms with E-state index in [9.17, 15) is 14.9 Å². The van der Waals surface area contributed by atoms with E-state index in [1.54, 1.807) is 63.1 Å². The number of likely N-dealkylation sites (N-methyl/N-ethyl adjacent to an activating group) is 1. The number of carbonyl (C=O) groups excluding carboxylic acids is 2. The maximum atomic E-state index is 12.2. The molecule has 0 aliphatic rings. The third kappa shape index (κ3) is 9.89. The van der Waals surface area contributed by atoms with Crippen LogP contribution in [0.1, 0.15) is 37.7 Å². The molecule has 0 saturated carbocycles. The lowest BCUT2D eigenvalue weighted by atomic mass is 10.1. The van der Waals surface area contributed by atoms with E-state index < -0.39 is 17.7 Å². The van der Waals surface area contributed by atoms with Crippen molar-refractivity contribution >= 4 is 29.8 Å². The second-order valence-electron chi connectivity index (χ2n) is 10.8. The van der Waals surface area contributed by atoms with Crippen LogP contribution in [0.25, 0.3) is 17.6 Å². The number of nitrogens with two attached hydrogens (primary N) is 1. The number of hydrogen-bond donors (Lipinski definition) is 2. The van der Waals surface area contributed by atoms with Crippen LogP contribution in [0, 0.1) is 11.3 Å². The number of hydrogen-bond acceptors (Lipinski definition) is 12. The number of benzene rings is 1. The van der Waals surface area contributed by atoms with Crippen molar-refractivity contribution in [1.29, 1.82) is 5.26 Å². The van der Waals surface area contributed by atoms with Crippen LogP contribution in [0.4, 0.5) is 16.5 Å². The van der Waals surface area contributed by atoms with Crippen LogP contribution in [0.3, 0.4) is 0 Å². The van der Waals surface area contributed by atoms with Gasteiger partial charge in [-0.2, -0.15) is 10.2 Å². The zero-order valence-corrected chi connectivity index (χ0v) is 25.4. The number of amides is 1. The largest absolute Gasteiger partial charge is 0.459 e. The molecule has 0 aliphatic carbocycles. The Morgan fingerprint density at radius 3 is 2.47 bits per heavy atom. The minimum Gasteiger partial charge on any atom is -0.459 e. The number of nitriles is 1. The van der Waals surface area contributed by atoms with Gasteiger partial charge < -0.3 is 39.0 Å². The number of esters is 1. The molecule has 0 radical (unpaired) electrons. The van der Waals surface area contributed by atoms with Crippen LogP contribution in [0.15, 0.2) is 75.2 Å². The van der Waals surface area contributed by atoms with Gasteiger partial charge in [-0.05, 0) is 56.2 Å². The highest BCUT2D eigenvalue weighted by molar-refractivity contribution is 5.97. The van der Waals surface area contributed by atoms with E-state index in [0.29, 0.717) is 42.1 Å². The molecule has 0 saturated heterocycles. The van der Waals surface area contributed by atoms with Gasteiger partial charge in [0.25, 0.3) is 0 Å². The highest BCUT2D eigenvalue weighted by Gasteiger charge is 2.21. The Hall–Kier alpha value is -5.77. The van der Waals surface area contributed by atoms with E-state index in [-0.39, 0.29) is 24.8 Å². The number of carbonyl (C=O) groups is 2. The molecule has 0 atom stereocenters. The van der Waals surface area contributed by atoms with Gasteiger partial charge in [0.15, 0.2) is 17.4 Å². The molecule has 1 amide bonds. The Balaban J connectivity index is 1.19. The number of nitrogens with one attached hydrogen (secondary N) is 1. The Kier molecular flexibility index (Phi) is 10.4. The van der Waals surface area contributed by atoms with E-state index in [1.165, 1.54) is 12.3 Å². The highest BCUT2D eigenvalue weighted by Crippen LogP contribution is 2.29. The summed E-state index contributed by atoms with van der Waals surface area (Å²) in [5, 5.41) is 12.1. The maximum absolute atomic E-state index is 12.2. The molecule has 45 heavy (non-hydrogen) atoms. The third-order valence-electron chi connectivity index (χ3n) is 6.01. The SMILES string of the molecule is CN(CCOC(=O)NCc1ccc(COc2nccc(N)n2)cc1)c1ccc(-c2ccc(/C=C(\C#N)C(=O)OC(C)(C)C)o2)o1. The molecule has 13 nitrogen and oxygen atoms in total. The van der Waals surface area contributed by atoms with E-state index in [0.717, 1.165) is 11.1 Å². The topological polar surface area (TPSA) is 179 Å². The number of anilines is 2. The minimum absolute atomic E-state index is 0.123. The van der Waals surface area contributed by atoms with Crippen molar-refractivity contribution in [2.75, 3.05) is 30.8 Å². The summed E-state index contributed by atoms with van der Waals surface area (Å²) in [6, 6.07) is 17.9. The van der Waals surface area contributed by atoms with Crippen molar-refractivity contribution in [3.63, 3.8) is 0 Å². The van der Waals surface area contributed by atoms with Crippen molar-refractivity contribution in [2.24, 2.45) is 0 Å². The summed E-state index contributed by atoms with van der Waals surface area (Å²) < 4.78 is 27.7. The molecule has 0 spiro atoms. The van der Waals surface area contributed by atoms with Gasteiger partial charge in [0.1, 0.15) is 42.0 Å². The summed E-state index contributed by atoms with van der Waals surface area (Å²) in [6.45, 7) is 6.23. The predicted molar refractivity (Wildman–Crippen MR) is 165 cm³/mol. The highest BCUT2D eigenvalue weighted by atomic mass is 16.6. The van der Waals surface area contributed by atoms with Crippen LogP contribution >= 0.6 is 0 Å². The summed E-state index contributed by atoms with van der Waals surface area (Å²) in [6.07, 6.45) is 2.30. The van der Waals surface area contributed by atoms with E-state index in [2.05, 4.69) is 15.3 Å². The van der Waals surface area contributed by atoms with E-state index in [1.807, 2.05) is 30.3 Å². The Morgan fingerprint density at radius 2 is 1.76 bits per heavy atom. The smallest absolute Gasteiger partial charge is 0.407 e. The number of furan rings is 2. The summed E-state index contributed by atoms with van der Waals surface area (Å²) in [5.41, 5.74) is 6.52. The number of nitrogen functional groups attached to an aromatic ring is 1. The first-order valence-electron chi connectivity index (χ1n) is 13.9. The first kappa shape index (κ1) is 32.2. The zero-order valence-electron chi connectivity index (χ0n) is 25.4. The zero-order chi connectivity index (χ0) is 32.4. The lowest BCUT2D eigenvalue weighted by Gasteiger charge is -2.18. The standard InChI is InChI=1S/C32H34N6O7/c1-32(2,3)45-29(39)23(18-33)17-24-9-10-25(43-24)26-11-12-28(44-26)38(4)15-16-41-31(40)36-19-21-5-7-22(8-6-21)20-42-30-35-14-13-27(34)37-30/h5-14,17H,15-16,19-20H2,1-4H3,(H,36,40)(H2,34,35,37)/b23-17+. The van der Waals surface area contributed by atoms with Crippen LogP contribution < -0.4 is 20.7 Å². The van der Waals surface area contributed by atoms with Crippen molar-refractivity contribution < 1.29 is 32.6 Å². The van der Waals surface area contributed by atoms with Crippen molar-refractivity contribution in [3.05, 3.63) is 83.3 Å². The third-order valence-corrected chi connectivity index (χ3v) is 6.01. The fourth-order valence-electron chi connectivity index (χ4n) is 3.78. The molecule has 4 rings (SSSR count). The molecule has 234 valence electrons. The van der Waals surface area contributed by atoms with Crippen molar-refractivity contribution in [3.8, 4) is 23.6 Å². The number of aromatic nitrogens is 2. The number of alkyl carbamates (subject to hydrolysis) is 1. The van der Waals surface area contributed by atoms with E-state index >= 15 is 0 Å². The normalized spacial score (nSPS) is 11.4. The average molecular weight is 615 g/mol. The molecule has 4 aromatic rings. The van der Waals surface area contributed by atoms with Crippen molar-refractivity contribution in [1.82, 2.24) is 15.3 Å². The summed E-state index contributed by atoms with van der Waals surface area (Å²) in [7, 11) is 1.80. The monoisotopic (exact) mass is 614 g/mol. The molecule has 3 heterocycles. The van der Waals surface area contributed by atoms with Crippen LogP contribution in [-0.4, -0.2) is 47.8 Å². The lowest BCUT2D eigenvalue weighted by molar-refractivity contribution is -0.149. The van der Waals surface area contributed by atoms with Crippen LogP contribution in [0.2, 0.25) is 0 Å². The van der Waals surface area contributed by atoms with Crippen LogP contribution in [0.5, 0.6) is 6.01 Å². The Labute approximate surface area is 260 Å². The quantitative estimate of drug-likeness (QED) is 0.123. The van der Waals surface area contributed by atoms with Gasteiger partial charge in [-0.3, -0.25) is 0 Å². The fraction of sp³-hybridized carbons (Fsp3) is 0.281. The average Bonchev–Trinajstić information content (AvgIpc) is 3.68. The Morgan fingerprint density at radius 1 is 1.04 bits per heavy atom. The van der Waals surface area contributed by atoms with Gasteiger partial charge in [0.05, 0.1) is 6.54 Å². The maximum Gasteiger partial charge on any atom is 0.407 e. The number of rotatable bonds is 12. The molecule has 0 aliphatic heterocycles. The molecule has 13 heteroatoms. The van der Waals surface area contributed by atoms with Gasteiger partial charge in [0.2, 0.25) is 0 Å². The second kappa shape index (κ2) is 14.6. The first-order valence-corrected chi connectivity index (χ1v) is 13.9. The number of nitrogens with zero attached hydrogens (tertiary/aromatic N) is 4. The van der Waals surface area contributed by atoms with E-state index in [4.69, 9.17) is 28.8 Å². The van der Waals surface area contributed by atoms with Gasteiger partial charge in [-0.1, -0.05) is 24.3 Å². The summed E-state index contributed by atoms with van der Waals surface area (Å²) in [4.78, 5) is 34.2.